The van der Waals surface area contributed by atoms with Crippen molar-refractivity contribution in [1.29, 1.82) is 0 Å². The Bertz CT molecular complexity index is 618. The first kappa shape index (κ1) is 15.7. The van der Waals surface area contributed by atoms with Gasteiger partial charge in [-0.05, 0) is 63.0 Å². The molecule has 0 bridgehead atoms. The molecule has 2 aromatic heterocycles. The van der Waals surface area contributed by atoms with Crippen molar-refractivity contribution in [2.24, 2.45) is 0 Å². The standard InChI is InChI=1S/C18H23N3O2/c22-18(20-11-5-7-15-6-1-2-10-19-15)17-9-8-16(23-17)14-21-12-3-4-13-21/h1-2,6,8-10H,3-5,7,11-14H2,(H,20,22). The number of hydrogen-bond acceptors (Lipinski definition) is 4. The van der Waals surface area contributed by atoms with E-state index in [1.54, 1.807) is 12.3 Å². The summed E-state index contributed by atoms with van der Waals surface area (Å²) in [7, 11) is 0. The Morgan fingerprint density at radius 1 is 1.22 bits per heavy atom. The fraction of sp³-hybridized carbons (Fsp3) is 0.444. The largest absolute Gasteiger partial charge is 0.455 e. The summed E-state index contributed by atoms with van der Waals surface area (Å²) in [6, 6.07) is 9.55. The monoisotopic (exact) mass is 313 g/mol. The van der Waals surface area contributed by atoms with Crippen LogP contribution < -0.4 is 5.32 Å². The Balaban J connectivity index is 1.40. The molecule has 1 N–H and O–H groups in total. The van der Waals surface area contributed by atoms with Crippen LogP contribution in [0.4, 0.5) is 0 Å². The molecule has 0 spiro atoms. The van der Waals surface area contributed by atoms with E-state index in [2.05, 4.69) is 15.2 Å². The average molecular weight is 313 g/mol. The van der Waals surface area contributed by atoms with Gasteiger partial charge in [-0.15, -0.1) is 0 Å². The van der Waals surface area contributed by atoms with Crippen LogP contribution in [-0.4, -0.2) is 35.4 Å². The molecule has 5 heteroatoms. The summed E-state index contributed by atoms with van der Waals surface area (Å²) in [5.41, 5.74) is 1.05. The minimum Gasteiger partial charge on any atom is -0.455 e. The third-order valence-electron chi connectivity index (χ3n) is 4.08. The number of carbonyl (C=O) groups excluding carboxylic acids is 1. The van der Waals surface area contributed by atoms with Crippen LogP contribution in [0.3, 0.4) is 0 Å². The first-order valence-corrected chi connectivity index (χ1v) is 8.30. The van der Waals surface area contributed by atoms with E-state index in [0.717, 1.165) is 43.9 Å². The minimum atomic E-state index is -0.140. The molecule has 0 radical (unpaired) electrons. The van der Waals surface area contributed by atoms with Crippen LogP contribution in [-0.2, 0) is 13.0 Å². The van der Waals surface area contributed by atoms with Gasteiger partial charge in [0.2, 0.25) is 0 Å². The number of aryl methyl sites for hydroxylation is 1. The van der Waals surface area contributed by atoms with E-state index >= 15 is 0 Å². The second-order valence-electron chi connectivity index (χ2n) is 5.93. The second kappa shape index (κ2) is 7.92. The molecule has 2 aromatic rings. The van der Waals surface area contributed by atoms with Crippen molar-refractivity contribution in [3.63, 3.8) is 0 Å². The highest BCUT2D eigenvalue weighted by atomic mass is 16.4. The molecule has 3 rings (SSSR count). The third-order valence-corrected chi connectivity index (χ3v) is 4.08. The maximum absolute atomic E-state index is 12.1. The predicted molar refractivity (Wildman–Crippen MR) is 88.1 cm³/mol. The molecule has 0 unspecified atom stereocenters. The van der Waals surface area contributed by atoms with Gasteiger partial charge < -0.3 is 9.73 Å². The van der Waals surface area contributed by atoms with Gasteiger partial charge in [0, 0.05) is 18.4 Å². The summed E-state index contributed by atoms with van der Waals surface area (Å²) in [6.45, 7) is 3.66. The highest BCUT2D eigenvalue weighted by Crippen LogP contribution is 2.15. The number of hydrogen-bond donors (Lipinski definition) is 1. The molecular formula is C18H23N3O2. The summed E-state index contributed by atoms with van der Waals surface area (Å²) in [5, 5.41) is 2.90. The normalized spacial score (nSPS) is 15.0. The van der Waals surface area contributed by atoms with Crippen molar-refractivity contribution >= 4 is 5.91 Å². The quantitative estimate of drug-likeness (QED) is 0.798. The molecule has 0 aliphatic carbocycles. The van der Waals surface area contributed by atoms with Gasteiger partial charge >= 0.3 is 0 Å². The van der Waals surface area contributed by atoms with Crippen LogP contribution in [0.5, 0.6) is 0 Å². The fourth-order valence-electron chi connectivity index (χ4n) is 2.85. The van der Waals surface area contributed by atoms with E-state index in [0.29, 0.717) is 12.3 Å². The van der Waals surface area contributed by atoms with E-state index in [1.807, 2.05) is 24.3 Å². The molecule has 1 saturated heterocycles. The molecule has 0 aromatic carbocycles. The Morgan fingerprint density at radius 2 is 2.09 bits per heavy atom. The zero-order valence-electron chi connectivity index (χ0n) is 13.3. The second-order valence-corrected chi connectivity index (χ2v) is 5.93. The van der Waals surface area contributed by atoms with Gasteiger partial charge in [0.05, 0.1) is 6.54 Å². The fourth-order valence-corrected chi connectivity index (χ4v) is 2.85. The van der Waals surface area contributed by atoms with Crippen molar-refractivity contribution in [2.75, 3.05) is 19.6 Å². The van der Waals surface area contributed by atoms with E-state index < -0.39 is 0 Å². The van der Waals surface area contributed by atoms with E-state index in [4.69, 9.17) is 4.42 Å². The molecule has 122 valence electrons. The Morgan fingerprint density at radius 3 is 2.87 bits per heavy atom. The number of rotatable bonds is 7. The third kappa shape index (κ3) is 4.66. The van der Waals surface area contributed by atoms with Gasteiger partial charge in [0.25, 0.3) is 5.91 Å². The first-order chi connectivity index (χ1) is 11.3. The van der Waals surface area contributed by atoms with Gasteiger partial charge in [-0.1, -0.05) is 6.07 Å². The lowest BCUT2D eigenvalue weighted by Crippen LogP contribution is -2.24. The van der Waals surface area contributed by atoms with Crippen LogP contribution in [0.1, 0.15) is 41.3 Å². The topological polar surface area (TPSA) is 58.4 Å². The van der Waals surface area contributed by atoms with Crippen molar-refractivity contribution < 1.29 is 9.21 Å². The van der Waals surface area contributed by atoms with Crippen LogP contribution in [0.15, 0.2) is 40.9 Å². The lowest BCUT2D eigenvalue weighted by atomic mass is 10.2. The van der Waals surface area contributed by atoms with Crippen LogP contribution in [0, 0.1) is 0 Å². The van der Waals surface area contributed by atoms with Crippen molar-refractivity contribution in [1.82, 2.24) is 15.2 Å². The Kier molecular flexibility index (Phi) is 5.42. The van der Waals surface area contributed by atoms with Gasteiger partial charge in [-0.2, -0.15) is 0 Å². The first-order valence-electron chi connectivity index (χ1n) is 8.30. The highest BCUT2D eigenvalue weighted by molar-refractivity contribution is 5.91. The van der Waals surface area contributed by atoms with E-state index in [9.17, 15) is 4.79 Å². The van der Waals surface area contributed by atoms with E-state index in [-0.39, 0.29) is 5.91 Å². The number of likely N-dealkylation sites (tertiary alicyclic amines) is 1. The molecule has 0 saturated carbocycles. The summed E-state index contributed by atoms with van der Waals surface area (Å²) >= 11 is 0. The molecule has 1 aliphatic heterocycles. The molecule has 1 aliphatic rings. The Hall–Kier alpha value is -2.14. The summed E-state index contributed by atoms with van der Waals surface area (Å²) < 4.78 is 5.66. The average Bonchev–Trinajstić information content (AvgIpc) is 3.25. The maximum Gasteiger partial charge on any atom is 0.286 e. The number of carbonyl (C=O) groups is 1. The summed E-state index contributed by atoms with van der Waals surface area (Å²) in [5.74, 6) is 1.13. The maximum atomic E-state index is 12.1. The Labute approximate surface area is 136 Å². The zero-order chi connectivity index (χ0) is 15.9. The van der Waals surface area contributed by atoms with Crippen LogP contribution in [0.2, 0.25) is 0 Å². The lowest BCUT2D eigenvalue weighted by Gasteiger charge is -2.11. The SMILES string of the molecule is O=C(NCCCc1ccccn1)c1ccc(CN2CCCC2)o1. The lowest BCUT2D eigenvalue weighted by molar-refractivity contribution is 0.0922. The minimum absolute atomic E-state index is 0.140. The van der Waals surface area contributed by atoms with Crippen LogP contribution in [0.25, 0.3) is 0 Å². The highest BCUT2D eigenvalue weighted by Gasteiger charge is 2.15. The van der Waals surface area contributed by atoms with Gasteiger partial charge in [0.15, 0.2) is 5.76 Å². The molecular weight excluding hydrogens is 290 g/mol. The molecule has 1 fully saturated rings. The van der Waals surface area contributed by atoms with E-state index in [1.165, 1.54) is 12.8 Å². The molecule has 3 heterocycles. The van der Waals surface area contributed by atoms with Crippen molar-refractivity contribution in [3.05, 3.63) is 53.7 Å². The summed E-state index contributed by atoms with van der Waals surface area (Å²) in [4.78, 5) is 18.7. The summed E-state index contributed by atoms with van der Waals surface area (Å²) in [6.07, 6.45) is 6.02. The van der Waals surface area contributed by atoms with Gasteiger partial charge in [-0.3, -0.25) is 14.7 Å². The van der Waals surface area contributed by atoms with Crippen molar-refractivity contribution in [3.8, 4) is 0 Å². The van der Waals surface area contributed by atoms with Gasteiger partial charge in [-0.25, -0.2) is 0 Å². The molecule has 5 nitrogen and oxygen atoms in total. The molecule has 0 atom stereocenters. The number of furan rings is 1. The number of nitrogens with one attached hydrogen (secondary N) is 1. The van der Waals surface area contributed by atoms with Gasteiger partial charge in [0.1, 0.15) is 5.76 Å². The smallest absolute Gasteiger partial charge is 0.286 e. The molecule has 23 heavy (non-hydrogen) atoms. The number of amides is 1. The zero-order valence-corrected chi connectivity index (χ0v) is 13.3. The number of nitrogens with zero attached hydrogens (tertiary/aromatic N) is 2. The number of pyridine rings is 1. The van der Waals surface area contributed by atoms with Crippen molar-refractivity contribution in [2.45, 2.75) is 32.2 Å². The number of aromatic nitrogens is 1. The molecule has 1 amide bonds. The predicted octanol–water partition coefficient (Wildman–Crippen LogP) is 2.63. The van der Waals surface area contributed by atoms with Crippen LogP contribution >= 0.6 is 0 Å².